The van der Waals surface area contributed by atoms with Crippen LogP contribution in [0.15, 0.2) is 4.73 Å². The Bertz CT molecular complexity index is 441. The van der Waals surface area contributed by atoms with Crippen molar-refractivity contribution in [3.05, 3.63) is 4.73 Å². The summed E-state index contributed by atoms with van der Waals surface area (Å²) in [6.07, 6.45) is 2.63. The van der Waals surface area contributed by atoms with Crippen LogP contribution >= 0.6 is 15.9 Å². The Morgan fingerprint density at radius 3 is 2.72 bits per heavy atom. The van der Waals surface area contributed by atoms with Crippen LogP contribution in [0.3, 0.4) is 0 Å². The molecule has 0 aromatic carbocycles. The Labute approximate surface area is 116 Å². The van der Waals surface area contributed by atoms with Crippen LogP contribution in [0.4, 0.5) is 0 Å². The molecular weight excluding hydrogens is 296 g/mol. The van der Waals surface area contributed by atoms with Crippen molar-refractivity contribution in [3.63, 3.8) is 0 Å². The third kappa shape index (κ3) is 2.05. The van der Waals surface area contributed by atoms with E-state index in [0.29, 0.717) is 10.7 Å². The van der Waals surface area contributed by atoms with Crippen molar-refractivity contribution in [2.75, 3.05) is 26.7 Å². The molecule has 6 heteroatoms. The van der Waals surface area contributed by atoms with Gasteiger partial charge in [-0.15, -0.1) is 5.10 Å². The molecule has 100 valence electrons. The fraction of sp³-hybridized carbons (Fsp3) is 0.833. The number of rotatable bonds is 3. The van der Waals surface area contributed by atoms with E-state index in [1.165, 1.54) is 25.9 Å². The summed E-state index contributed by atoms with van der Waals surface area (Å²) in [4.78, 5) is 6.79. The molecule has 3 saturated heterocycles. The molecule has 0 amide bonds. The van der Waals surface area contributed by atoms with Crippen molar-refractivity contribution in [1.82, 2.24) is 19.7 Å². The summed E-state index contributed by atoms with van der Waals surface area (Å²) >= 11 is 3.31. The lowest BCUT2D eigenvalue weighted by atomic mass is 9.68. The molecule has 3 aliphatic rings. The van der Waals surface area contributed by atoms with Crippen molar-refractivity contribution in [3.8, 4) is 6.01 Å². The minimum Gasteiger partial charge on any atom is -0.467 e. The van der Waals surface area contributed by atoms with Crippen LogP contribution in [0, 0.1) is 11.3 Å². The van der Waals surface area contributed by atoms with Crippen molar-refractivity contribution < 1.29 is 4.74 Å². The first-order valence-corrected chi connectivity index (χ1v) is 7.27. The summed E-state index contributed by atoms with van der Waals surface area (Å²) in [6, 6.07) is 0.597. The van der Waals surface area contributed by atoms with Crippen molar-refractivity contribution in [2.24, 2.45) is 11.3 Å². The molecule has 5 nitrogen and oxygen atoms in total. The van der Waals surface area contributed by atoms with Crippen molar-refractivity contribution in [2.45, 2.75) is 26.3 Å². The zero-order valence-electron chi connectivity index (χ0n) is 10.9. The van der Waals surface area contributed by atoms with Crippen molar-refractivity contribution >= 4 is 15.9 Å². The number of piperidine rings is 3. The third-order valence-electron chi connectivity index (χ3n) is 4.46. The van der Waals surface area contributed by atoms with Crippen LogP contribution in [-0.4, -0.2) is 46.4 Å². The summed E-state index contributed by atoms with van der Waals surface area (Å²) in [5.41, 5.74) is 0.289. The highest BCUT2D eigenvalue weighted by atomic mass is 79.9. The molecular formula is C12H19BrN4O. The lowest BCUT2D eigenvalue weighted by Crippen LogP contribution is -2.54. The highest BCUT2D eigenvalue weighted by Crippen LogP contribution is 2.43. The van der Waals surface area contributed by atoms with E-state index in [4.69, 9.17) is 4.74 Å². The van der Waals surface area contributed by atoms with Crippen LogP contribution < -0.4 is 4.74 Å². The van der Waals surface area contributed by atoms with Gasteiger partial charge in [0.1, 0.15) is 0 Å². The largest absolute Gasteiger partial charge is 0.467 e. The van der Waals surface area contributed by atoms with E-state index in [0.717, 1.165) is 19.0 Å². The SMILES string of the molecule is COc1nc(Br)nn1CC1(C)CN2CCC1CC2. The second kappa shape index (κ2) is 4.49. The minimum absolute atomic E-state index is 0.289. The Morgan fingerprint density at radius 2 is 2.17 bits per heavy atom. The smallest absolute Gasteiger partial charge is 0.315 e. The highest BCUT2D eigenvalue weighted by molar-refractivity contribution is 9.10. The fourth-order valence-electron chi connectivity index (χ4n) is 3.50. The van der Waals surface area contributed by atoms with Gasteiger partial charge in [-0.05, 0) is 47.8 Å². The number of halogens is 1. The zero-order chi connectivity index (χ0) is 12.8. The molecule has 3 aliphatic heterocycles. The van der Waals surface area contributed by atoms with E-state index in [9.17, 15) is 0 Å². The summed E-state index contributed by atoms with van der Waals surface area (Å²) in [7, 11) is 1.64. The molecule has 0 N–H and O–H groups in total. The van der Waals surface area contributed by atoms with Crippen LogP contribution in [0.25, 0.3) is 0 Å². The average Bonchev–Trinajstić information content (AvgIpc) is 2.69. The van der Waals surface area contributed by atoms with Gasteiger partial charge < -0.3 is 9.64 Å². The minimum atomic E-state index is 0.289. The third-order valence-corrected chi connectivity index (χ3v) is 4.80. The van der Waals surface area contributed by atoms with E-state index < -0.39 is 0 Å². The van der Waals surface area contributed by atoms with Crippen LogP contribution in [0.1, 0.15) is 19.8 Å². The van der Waals surface area contributed by atoms with Gasteiger partial charge in [0.15, 0.2) is 0 Å². The number of ether oxygens (including phenoxy) is 1. The van der Waals surface area contributed by atoms with Crippen LogP contribution in [0.5, 0.6) is 6.01 Å². The van der Waals surface area contributed by atoms with E-state index in [2.05, 4.69) is 37.8 Å². The maximum atomic E-state index is 5.28. The number of methoxy groups -OCH3 is 1. The fourth-order valence-corrected chi connectivity index (χ4v) is 3.85. The predicted octanol–water partition coefficient (Wildman–Crippen LogP) is 1.78. The van der Waals surface area contributed by atoms with Gasteiger partial charge in [0.2, 0.25) is 4.73 Å². The Kier molecular flexibility index (Phi) is 3.10. The molecule has 1 unspecified atom stereocenters. The number of fused-ring (bicyclic) bond motifs is 3. The quantitative estimate of drug-likeness (QED) is 0.853. The molecule has 0 spiro atoms. The lowest BCUT2D eigenvalue weighted by Gasteiger charge is -2.51. The van der Waals surface area contributed by atoms with Gasteiger partial charge >= 0.3 is 6.01 Å². The first kappa shape index (κ1) is 12.4. The van der Waals surface area contributed by atoms with Gasteiger partial charge in [-0.2, -0.15) is 4.98 Å². The average molecular weight is 315 g/mol. The van der Waals surface area contributed by atoms with Gasteiger partial charge in [0.05, 0.1) is 13.7 Å². The topological polar surface area (TPSA) is 43.2 Å². The van der Waals surface area contributed by atoms with Gasteiger partial charge in [-0.1, -0.05) is 6.92 Å². The molecule has 0 saturated carbocycles. The normalized spacial score (nSPS) is 34.8. The molecule has 4 heterocycles. The standard InChI is InChI=1S/C12H19BrN4O/c1-12(7-16-5-3-9(12)4-6-16)8-17-11(18-2)14-10(13)15-17/h9H,3-8H2,1-2H3. The van der Waals surface area contributed by atoms with Crippen LogP contribution in [0.2, 0.25) is 0 Å². The summed E-state index contributed by atoms with van der Waals surface area (Å²) in [5.74, 6) is 0.801. The maximum Gasteiger partial charge on any atom is 0.315 e. The molecule has 18 heavy (non-hydrogen) atoms. The molecule has 1 atom stereocenters. The van der Waals surface area contributed by atoms with Gasteiger partial charge in [-0.3, -0.25) is 0 Å². The van der Waals surface area contributed by atoms with E-state index in [-0.39, 0.29) is 5.41 Å². The molecule has 3 fully saturated rings. The van der Waals surface area contributed by atoms with Crippen molar-refractivity contribution in [1.29, 1.82) is 0 Å². The highest BCUT2D eigenvalue weighted by Gasteiger charge is 2.44. The molecule has 1 aromatic rings. The van der Waals surface area contributed by atoms with Crippen LogP contribution in [-0.2, 0) is 6.54 Å². The number of hydrogen-bond acceptors (Lipinski definition) is 4. The molecule has 4 rings (SSSR count). The number of hydrogen-bond donors (Lipinski definition) is 0. The first-order chi connectivity index (χ1) is 8.60. The summed E-state index contributed by atoms with van der Waals surface area (Å²) < 4.78 is 7.77. The summed E-state index contributed by atoms with van der Waals surface area (Å²) in [5, 5.41) is 4.38. The second-order valence-electron chi connectivity index (χ2n) is 5.73. The predicted molar refractivity (Wildman–Crippen MR) is 71.5 cm³/mol. The van der Waals surface area contributed by atoms with E-state index in [1.807, 2.05) is 4.68 Å². The van der Waals surface area contributed by atoms with E-state index >= 15 is 0 Å². The Hall–Kier alpha value is -0.620. The zero-order valence-corrected chi connectivity index (χ0v) is 12.5. The lowest BCUT2D eigenvalue weighted by molar-refractivity contribution is -0.0307. The molecule has 0 aliphatic carbocycles. The van der Waals surface area contributed by atoms with E-state index in [1.54, 1.807) is 7.11 Å². The number of aromatic nitrogens is 3. The van der Waals surface area contributed by atoms with Gasteiger partial charge in [-0.25, -0.2) is 4.68 Å². The molecule has 1 aromatic heterocycles. The van der Waals surface area contributed by atoms with Gasteiger partial charge in [0.25, 0.3) is 0 Å². The molecule has 2 bridgehead atoms. The Balaban J connectivity index is 1.82. The second-order valence-corrected chi connectivity index (χ2v) is 6.44. The molecule has 0 radical (unpaired) electrons. The number of nitrogens with zero attached hydrogens (tertiary/aromatic N) is 4. The maximum absolute atomic E-state index is 5.28. The Morgan fingerprint density at radius 1 is 1.44 bits per heavy atom. The monoisotopic (exact) mass is 314 g/mol. The first-order valence-electron chi connectivity index (χ1n) is 6.47. The summed E-state index contributed by atoms with van der Waals surface area (Å²) in [6.45, 7) is 6.95. The van der Waals surface area contributed by atoms with Gasteiger partial charge in [0, 0.05) is 12.0 Å².